The molecule has 0 radical (unpaired) electrons. The van der Waals surface area contributed by atoms with Gasteiger partial charge in [0.25, 0.3) is 0 Å². The van der Waals surface area contributed by atoms with Gasteiger partial charge in [0.05, 0.1) is 6.10 Å². The molecular weight excluding hydrogens is 292 g/mol. The van der Waals surface area contributed by atoms with Gasteiger partial charge in [0.15, 0.2) is 0 Å². The maximum atomic E-state index is 12.3. The zero-order valence-corrected chi connectivity index (χ0v) is 14.8. The molecule has 0 aromatic heterocycles. The molecule has 0 aliphatic heterocycles. The second-order valence-electron chi connectivity index (χ2n) is 7.21. The molecule has 0 saturated carbocycles. The lowest BCUT2D eigenvalue weighted by Crippen LogP contribution is -2.46. The molecule has 130 valence electrons. The van der Waals surface area contributed by atoms with Crippen LogP contribution in [0.3, 0.4) is 0 Å². The number of phenolic OH excluding ortho intramolecular Hbond substituents is 1. The highest BCUT2D eigenvalue weighted by Gasteiger charge is 2.23. The Kier molecular flexibility index (Phi) is 6.88. The third-order valence-corrected chi connectivity index (χ3v) is 4.02. The summed E-state index contributed by atoms with van der Waals surface area (Å²) in [5.74, 6) is 0.243. The van der Waals surface area contributed by atoms with E-state index < -0.39 is 0 Å². The number of rotatable bonds is 7. The number of aliphatic hydroxyl groups excluding tert-OH is 1. The van der Waals surface area contributed by atoms with Gasteiger partial charge in [0.2, 0.25) is 0 Å². The van der Waals surface area contributed by atoms with Crippen LogP contribution >= 0.6 is 0 Å². The van der Waals surface area contributed by atoms with Crippen LogP contribution in [-0.2, 0) is 6.42 Å². The maximum absolute atomic E-state index is 12.3. The number of urea groups is 1. The van der Waals surface area contributed by atoms with Crippen molar-refractivity contribution in [3.63, 3.8) is 0 Å². The van der Waals surface area contributed by atoms with Crippen LogP contribution < -0.4 is 5.32 Å². The summed E-state index contributed by atoms with van der Waals surface area (Å²) < 4.78 is 0. The molecule has 0 saturated heterocycles. The minimum absolute atomic E-state index is 0.0411. The fourth-order valence-electron chi connectivity index (χ4n) is 2.62. The molecule has 2 atom stereocenters. The number of aliphatic hydroxyl groups is 1. The Morgan fingerprint density at radius 1 is 1.26 bits per heavy atom. The molecule has 0 spiro atoms. The van der Waals surface area contributed by atoms with Gasteiger partial charge in [0, 0.05) is 19.6 Å². The van der Waals surface area contributed by atoms with Crippen LogP contribution in [0.25, 0.3) is 0 Å². The number of likely N-dealkylation sites (N-methyl/N-ethyl adjacent to an activating group) is 1. The molecule has 0 aliphatic carbocycles. The highest BCUT2D eigenvalue weighted by atomic mass is 16.3. The van der Waals surface area contributed by atoms with E-state index in [4.69, 9.17) is 0 Å². The lowest BCUT2D eigenvalue weighted by molar-refractivity contribution is 0.126. The zero-order chi connectivity index (χ0) is 17.6. The van der Waals surface area contributed by atoms with E-state index in [2.05, 4.69) is 5.32 Å². The standard InChI is InChI=1S/C18H30N2O3/c1-13(10-15-6-8-16(22)9-7-15)20(5)17(23)19-12-18(3,4)11-14(2)21/h6-9,13-14,21-22H,10-12H2,1-5H3,(H,19,23). The molecule has 0 aliphatic rings. The van der Waals surface area contributed by atoms with Crippen LogP contribution in [-0.4, -0.2) is 46.9 Å². The van der Waals surface area contributed by atoms with E-state index in [0.717, 1.165) is 12.0 Å². The number of nitrogens with one attached hydrogen (secondary N) is 1. The van der Waals surface area contributed by atoms with Gasteiger partial charge >= 0.3 is 6.03 Å². The van der Waals surface area contributed by atoms with Gasteiger partial charge in [-0.3, -0.25) is 0 Å². The van der Waals surface area contributed by atoms with Crippen LogP contribution in [0.15, 0.2) is 24.3 Å². The fourth-order valence-corrected chi connectivity index (χ4v) is 2.62. The summed E-state index contributed by atoms with van der Waals surface area (Å²) in [6.45, 7) is 8.33. The van der Waals surface area contributed by atoms with Crippen molar-refractivity contribution in [2.75, 3.05) is 13.6 Å². The third kappa shape index (κ3) is 6.91. The monoisotopic (exact) mass is 322 g/mol. The van der Waals surface area contributed by atoms with E-state index in [9.17, 15) is 15.0 Å². The van der Waals surface area contributed by atoms with Gasteiger partial charge in [-0.25, -0.2) is 4.79 Å². The first-order chi connectivity index (χ1) is 10.6. The molecule has 1 aromatic rings. The second kappa shape index (κ2) is 8.20. The molecule has 5 nitrogen and oxygen atoms in total. The first-order valence-electron chi connectivity index (χ1n) is 8.07. The summed E-state index contributed by atoms with van der Waals surface area (Å²) in [7, 11) is 1.78. The van der Waals surface area contributed by atoms with Crippen molar-refractivity contribution in [2.24, 2.45) is 5.41 Å². The summed E-state index contributed by atoms with van der Waals surface area (Å²) in [6.07, 6.45) is 0.981. The summed E-state index contributed by atoms with van der Waals surface area (Å²) in [6, 6.07) is 6.96. The van der Waals surface area contributed by atoms with Crippen LogP contribution in [0.5, 0.6) is 5.75 Å². The van der Waals surface area contributed by atoms with E-state index in [1.807, 2.05) is 32.9 Å². The van der Waals surface area contributed by atoms with Crippen molar-refractivity contribution in [3.8, 4) is 5.75 Å². The Bertz CT molecular complexity index is 497. The summed E-state index contributed by atoms with van der Waals surface area (Å²) in [4.78, 5) is 14.0. The Morgan fingerprint density at radius 2 is 1.83 bits per heavy atom. The molecule has 2 unspecified atom stereocenters. The largest absolute Gasteiger partial charge is 0.508 e. The van der Waals surface area contributed by atoms with E-state index in [0.29, 0.717) is 13.0 Å². The number of benzene rings is 1. The lowest BCUT2D eigenvalue weighted by atomic mass is 9.87. The number of amides is 2. The number of hydrogen-bond acceptors (Lipinski definition) is 3. The van der Waals surface area contributed by atoms with Crippen molar-refractivity contribution in [3.05, 3.63) is 29.8 Å². The molecule has 5 heteroatoms. The predicted molar refractivity (Wildman–Crippen MR) is 92.5 cm³/mol. The normalized spacial score (nSPS) is 14.2. The number of aromatic hydroxyl groups is 1. The van der Waals surface area contributed by atoms with Gasteiger partial charge in [-0.2, -0.15) is 0 Å². The number of nitrogens with zero attached hydrogens (tertiary/aromatic N) is 1. The third-order valence-electron chi connectivity index (χ3n) is 4.02. The predicted octanol–water partition coefficient (Wildman–Crippen LogP) is 2.76. The number of carbonyl (C=O) groups excluding carboxylic acids is 1. The smallest absolute Gasteiger partial charge is 0.317 e. The minimum atomic E-state index is -0.381. The topological polar surface area (TPSA) is 72.8 Å². The quantitative estimate of drug-likeness (QED) is 0.723. The lowest BCUT2D eigenvalue weighted by Gasteiger charge is -2.30. The Hall–Kier alpha value is -1.75. The zero-order valence-electron chi connectivity index (χ0n) is 14.8. The number of carbonyl (C=O) groups is 1. The summed E-state index contributed by atoms with van der Waals surface area (Å²) >= 11 is 0. The van der Waals surface area contributed by atoms with Gasteiger partial charge in [-0.15, -0.1) is 0 Å². The van der Waals surface area contributed by atoms with Crippen LogP contribution in [0.4, 0.5) is 4.79 Å². The minimum Gasteiger partial charge on any atom is -0.508 e. The molecule has 23 heavy (non-hydrogen) atoms. The molecule has 0 heterocycles. The molecular formula is C18H30N2O3. The van der Waals surface area contributed by atoms with Crippen molar-refractivity contribution < 1.29 is 15.0 Å². The highest BCUT2D eigenvalue weighted by Crippen LogP contribution is 2.21. The van der Waals surface area contributed by atoms with Crippen LogP contribution in [0, 0.1) is 5.41 Å². The Labute approximate surface area is 139 Å². The van der Waals surface area contributed by atoms with Crippen molar-refractivity contribution in [1.29, 1.82) is 0 Å². The SMILES string of the molecule is CC(O)CC(C)(C)CNC(=O)N(C)C(C)Cc1ccc(O)cc1. The van der Waals surface area contributed by atoms with E-state index in [1.54, 1.807) is 31.0 Å². The van der Waals surface area contributed by atoms with E-state index in [1.165, 1.54) is 0 Å². The molecule has 1 rings (SSSR count). The average Bonchev–Trinajstić information content (AvgIpc) is 2.45. The molecule has 3 N–H and O–H groups in total. The second-order valence-corrected chi connectivity index (χ2v) is 7.21. The number of hydrogen-bond donors (Lipinski definition) is 3. The number of phenols is 1. The Balaban J connectivity index is 2.50. The fraction of sp³-hybridized carbons (Fsp3) is 0.611. The van der Waals surface area contributed by atoms with Crippen molar-refractivity contribution >= 4 is 6.03 Å². The van der Waals surface area contributed by atoms with Gasteiger partial charge < -0.3 is 20.4 Å². The first kappa shape index (κ1) is 19.3. The highest BCUT2D eigenvalue weighted by molar-refractivity contribution is 5.74. The average molecular weight is 322 g/mol. The summed E-state index contributed by atoms with van der Waals surface area (Å²) in [5.41, 5.74) is 0.926. The Morgan fingerprint density at radius 3 is 2.35 bits per heavy atom. The molecule has 1 aromatic carbocycles. The van der Waals surface area contributed by atoms with Crippen LogP contribution in [0.1, 0.15) is 39.7 Å². The molecule has 0 bridgehead atoms. The van der Waals surface area contributed by atoms with Gasteiger partial charge in [-0.1, -0.05) is 26.0 Å². The molecule has 0 fully saturated rings. The van der Waals surface area contributed by atoms with E-state index >= 15 is 0 Å². The van der Waals surface area contributed by atoms with Gasteiger partial charge in [0.1, 0.15) is 5.75 Å². The van der Waals surface area contributed by atoms with Crippen LogP contribution in [0.2, 0.25) is 0 Å². The van der Waals surface area contributed by atoms with Gasteiger partial charge in [-0.05, 0) is 49.8 Å². The maximum Gasteiger partial charge on any atom is 0.317 e. The van der Waals surface area contributed by atoms with E-state index in [-0.39, 0.29) is 29.3 Å². The summed E-state index contributed by atoms with van der Waals surface area (Å²) in [5, 5.41) is 21.7. The van der Waals surface area contributed by atoms with Crippen molar-refractivity contribution in [2.45, 2.75) is 52.7 Å². The molecule has 2 amide bonds. The van der Waals surface area contributed by atoms with Crippen molar-refractivity contribution in [1.82, 2.24) is 10.2 Å². The first-order valence-corrected chi connectivity index (χ1v) is 8.07.